The Morgan fingerprint density at radius 3 is 2.36 bits per heavy atom. The number of halogens is 1. The van der Waals surface area contributed by atoms with E-state index >= 15 is 0 Å². The molecule has 68 valence electrons. The summed E-state index contributed by atoms with van der Waals surface area (Å²) >= 11 is 0. The monoisotopic (exact) mass is 180 g/mol. The minimum absolute atomic E-state index is 0. The van der Waals surface area contributed by atoms with Crippen LogP contribution in [-0.2, 0) is 4.79 Å². The molecule has 0 radical (unpaired) electrons. The third-order valence-corrected chi connectivity index (χ3v) is 1.35. The molecule has 0 aromatic carbocycles. The third-order valence-electron chi connectivity index (χ3n) is 1.35. The number of hydrogen-bond acceptors (Lipinski definition) is 2. The quantitative estimate of drug-likeness (QED) is 0.663. The number of carbonyl (C=O) groups excluding carboxylic acids is 1. The molecule has 0 rings (SSSR count). The van der Waals surface area contributed by atoms with E-state index in [-0.39, 0.29) is 24.4 Å². The number of amides is 1. The summed E-state index contributed by atoms with van der Waals surface area (Å²) < 4.78 is 0. The van der Waals surface area contributed by atoms with Gasteiger partial charge in [-0.25, -0.2) is 0 Å². The number of nitrogens with one attached hydrogen (secondary N) is 2. The molecule has 0 saturated heterocycles. The molecule has 0 aliphatic heterocycles. The molecule has 0 aliphatic carbocycles. The lowest BCUT2D eigenvalue weighted by atomic mass is 10.2. The van der Waals surface area contributed by atoms with Crippen molar-refractivity contribution in [1.29, 1.82) is 0 Å². The van der Waals surface area contributed by atoms with Crippen molar-refractivity contribution in [3.05, 3.63) is 0 Å². The Morgan fingerprint density at radius 1 is 1.55 bits per heavy atom. The van der Waals surface area contributed by atoms with E-state index in [9.17, 15) is 4.79 Å². The first-order valence-corrected chi connectivity index (χ1v) is 3.62. The first kappa shape index (κ1) is 13.3. The lowest BCUT2D eigenvalue weighted by molar-refractivity contribution is -0.119. The molecule has 1 unspecified atom stereocenters. The zero-order chi connectivity index (χ0) is 7.98. The van der Waals surface area contributed by atoms with E-state index in [2.05, 4.69) is 17.6 Å². The van der Waals surface area contributed by atoms with Crippen molar-refractivity contribution in [2.75, 3.05) is 13.6 Å². The number of carbonyl (C=O) groups is 1. The summed E-state index contributed by atoms with van der Waals surface area (Å²) in [5.74, 6) is 0.0436. The second-order valence-electron chi connectivity index (χ2n) is 2.36. The van der Waals surface area contributed by atoms with Crippen LogP contribution in [0.5, 0.6) is 0 Å². The van der Waals surface area contributed by atoms with Gasteiger partial charge in [-0.15, -0.1) is 12.4 Å². The summed E-state index contributed by atoms with van der Waals surface area (Å²) in [6.07, 6.45) is 0.973. The van der Waals surface area contributed by atoms with Gasteiger partial charge in [0.05, 0.1) is 0 Å². The molecule has 0 aliphatic rings. The summed E-state index contributed by atoms with van der Waals surface area (Å²) in [6, 6.07) is 0.280. The van der Waals surface area contributed by atoms with E-state index < -0.39 is 0 Å². The molecule has 0 aromatic rings. The van der Waals surface area contributed by atoms with Gasteiger partial charge in [0.1, 0.15) is 0 Å². The van der Waals surface area contributed by atoms with Crippen LogP contribution in [0.4, 0.5) is 0 Å². The number of likely N-dealkylation sites (N-methyl/N-ethyl adjacent to an activating group) is 1. The van der Waals surface area contributed by atoms with Crippen molar-refractivity contribution in [3.8, 4) is 0 Å². The van der Waals surface area contributed by atoms with Crippen molar-refractivity contribution in [1.82, 2.24) is 10.6 Å². The van der Waals surface area contributed by atoms with E-state index in [1.54, 1.807) is 6.92 Å². The van der Waals surface area contributed by atoms with Gasteiger partial charge in [-0.05, 0) is 13.5 Å². The summed E-state index contributed by atoms with van der Waals surface area (Å²) in [5, 5.41) is 5.84. The minimum atomic E-state index is 0. The molecule has 0 aromatic heterocycles. The molecule has 0 bridgehead atoms. The largest absolute Gasteiger partial charge is 0.352 e. The third kappa shape index (κ3) is 7.62. The topological polar surface area (TPSA) is 41.1 Å². The fourth-order valence-electron chi connectivity index (χ4n) is 0.831. The fourth-order valence-corrected chi connectivity index (χ4v) is 0.831. The molecule has 0 heterocycles. The molecule has 0 fully saturated rings. The maximum atomic E-state index is 10.5. The highest BCUT2D eigenvalue weighted by Crippen LogP contribution is 1.87. The fraction of sp³-hybridized carbons (Fsp3) is 0.857. The Balaban J connectivity index is 0. The van der Waals surface area contributed by atoms with Gasteiger partial charge < -0.3 is 10.6 Å². The highest BCUT2D eigenvalue weighted by atomic mass is 35.5. The van der Waals surface area contributed by atoms with Crippen LogP contribution in [0.3, 0.4) is 0 Å². The molecular formula is C7H17ClN2O. The SMILES string of the molecule is CCC(CNC)NC(C)=O.Cl. The summed E-state index contributed by atoms with van der Waals surface area (Å²) in [4.78, 5) is 10.5. The highest BCUT2D eigenvalue weighted by molar-refractivity contribution is 5.85. The molecular weight excluding hydrogens is 164 g/mol. The molecule has 2 N–H and O–H groups in total. The van der Waals surface area contributed by atoms with Crippen LogP contribution in [-0.4, -0.2) is 25.5 Å². The van der Waals surface area contributed by atoms with Crippen LogP contribution < -0.4 is 10.6 Å². The Kier molecular flexibility index (Phi) is 9.47. The Labute approximate surface area is 74.3 Å². The number of hydrogen-bond donors (Lipinski definition) is 2. The average molecular weight is 181 g/mol. The van der Waals surface area contributed by atoms with Crippen LogP contribution >= 0.6 is 12.4 Å². The Morgan fingerprint density at radius 2 is 2.09 bits per heavy atom. The van der Waals surface area contributed by atoms with E-state index in [1.807, 2.05) is 7.05 Å². The predicted octanol–water partition coefficient (Wildman–Crippen LogP) is 0.542. The second-order valence-corrected chi connectivity index (χ2v) is 2.36. The first-order chi connectivity index (χ1) is 4.70. The van der Waals surface area contributed by atoms with Gasteiger partial charge in [-0.3, -0.25) is 4.79 Å². The highest BCUT2D eigenvalue weighted by Gasteiger charge is 2.03. The normalized spacial score (nSPS) is 11.5. The van der Waals surface area contributed by atoms with E-state index in [0.29, 0.717) is 0 Å². The van der Waals surface area contributed by atoms with Gasteiger partial charge in [0.2, 0.25) is 5.91 Å². The van der Waals surface area contributed by atoms with Crippen molar-refractivity contribution in [3.63, 3.8) is 0 Å². The van der Waals surface area contributed by atoms with Gasteiger partial charge in [0.25, 0.3) is 0 Å². The van der Waals surface area contributed by atoms with Crippen molar-refractivity contribution < 1.29 is 4.79 Å². The summed E-state index contributed by atoms with van der Waals surface area (Å²) in [7, 11) is 1.88. The molecule has 0 spiro atoms. The van der Waals surface area contributed by atoms with Crippen LogP contribution in [0, 0.1) is 0 Å². The van der Waals surface area contributed by atoms with Crippen molar-refractivity contribution in [2.24, 2.45) is 0 Å². The van der Waals surface area contributed by atoms with Crippen molar-refractivity contribution >= 4 is 18.3 Å². The van der Waals surface area contributed by atoms with Crippen molar-refractivity contribution in [2.45, 2.75) is 26.3 Å². The van der Waals surface area contributed by atoms with Crippen LogP contribution in [0.25, 0.3) is 0 Å². The maximum absolute atomic E-state index is 10.5. The standard InChI is InChI=1S/C7H16N2O.ClH/c1-4-7(5-8-3)9-6(2)10;/h7-8H,4-5H2,1-3H3,(H,9,10);1H. The van der Waals surface area contributed by atoms with Crippen LogP contribution in [0.2, 0.25) is 0 Å². The zero-order valence-corrected chi connectivity index (χ0v) is 8.12. The smallest absolute Gasteiger partial charge is 0.217 e. The Bertz CT molecular complexity index is 109. The van der Waals surface area contributed by atoms with Gasteiger partial charge in [0, 0.05) is 19.5 Å². The van der Waals surface area contributed by atoms with Crippen LogP contribution in [0.1, 0.15) is 20.3 Å². The summed E-state index contributed by atoms with van der Waals surface area (Å²) in [5.41, 5.74) is 0. The second kappa shape index (κ2) is 7.82. The Hall–Kier alpha value is -0.280. The van der Waals surface area contributed by atoms with E-state index in [4.69, 9.17) is 0 Å². The van der Waals surface area contributed by atoms with Gasteiger partial charge >= 0.3 is 0 Å². The molecule has 4 heteroatoms. The molecule has 11 heavy (non-hydrogen) atoms. The average Bonchev–Trinajstić information content (AvgIpc) is 1.86. The predicted molar refractivity (Wildman–Crippen MR) is 49.1 cm³/mol. The van der Waals surface area contributed by atoms with E-state index in [0.717, 1.165) is 13.0 Å². The molecule has 3 nitrogen and oxygen atoms in total. The lowest BCUT2D eigenvalue weighted by Gasteiger charge is -2.14. The van der Waals surface area contributed by atoms with E-state index in [1.165, 1.54) is 0 Å². The van der Waals surface area contributed by atoms with Gasteiger partial charge in [0.15, 0.2) is 0 Å². The van der Waals surface area contributed by atoms with Gasteiger partial charge in [-0.2, -0.15) is 0 Å². The summed E-state index contributed by atoms with van der Waals surface area (Å²) in [6.45, 7) is 4.44. The molecule has 1 atom stereocenters. The first-order valence-electron chi connectivity index (χ1n) is 3.62. The molecule has 0 saturated carbocycles. The lowest BCUT2D eigenvalue weighted by Crippen LogP contribution is -2.39. The molecule has 1 amide bonds. The minimum Gasteiger partial charge on any atom is -0.352 e. The maximum Gasteiger partial charge on any atom is 0.217 e. The zero-order valence-electron chi connectivity index (χ0n) is 7.31. The van der Waals surface area contributed by atoms with Crippen LogP contribution in [0.15, 0.2) is 0 Å². The number of rotatable bonds is 4. The van der Waals surface area contributed by atoms with Gasteiger partial charge in [-0.1, -0.05) is 6.92 Å².